The molecular formula is C21H35NO6. The maximum atomic E-state index is 12.6. The summed E-state index contributed by atoms with van der Waals surface area (Å²) in [6.45, 7) is 10.1. The molecule has 0 aromatic rings. The Labute approximate surface area is 168 Å². The average Bonchev–Trinajstić information content (AvgIpc) is 3.32. The number of hydrogen-bond donors (Lipinski definition) is 1. The van der Waals surface area contributed by atoms with E-state index < -0.39 is 23.4 Å². The minimum Gasteiger partial charge on any atom is -0.443 e. The summed E-state index contributed by atoms with van der Waals surface area (Å²) in [6.07, 6.45) is 2.93. The maximum absolute atomic E-state index is 12.6. The van der Waals surface area contributed by atoms with Gasteiger partial charge in [0.2, 0.25) is 0 Å². The van der Waals surface area contributed by atoms with Gasteiger partial charge in [0.1, 0.15) is 17.8 Å². The number of rotatable bonds is 5. The molecule has 2 aliphatic heterocycles. The Kier molecular flexibility index (Phi) is 6.39. The van der Waals surface area contributed by atoms with Gasteiger partial charge >= 0.3 is 6.09 Å². The quantitative estimate of drug-likeness (QED) is 0.567. The van der Waals surface area contributed by atoms with Crippen molar-refractivity contribution in [1.82, 2.24) is 4.90 Å². The number of nitrogens with zero attached hydrogens (tertiary/aromatic N) is 1. The number of aliphatic hydroxyl groups is 1. The van der Waals surface area contributed by atoms with E-state index >= 15 is 0 Å². The lowest BCUT2D eigenvalue weighted by Crippen LogP contribution is -2.59. The number of ether oxygens (including phenoxy) is 4. The Balaban J connectivity index is 1.73. The molecule has 28 heavy (non-hydrogen) atoms. The number of epoxide rings is 1. The van der Waals surface area contributed by atoms with E-state index in [2.05, 4.69) is 19.9 Å². The van der Waals surface area contributed by atoms with E-state index in [0.29, 0.717) is 39.1 Å². The number of allylic oxidation sites excluding steroid dienone is 1. The number of carbonyl (C=O) groups is 1. The van der Waals surface area contributed by atoms with Crippen LogP contribution in [0.15, 0.2) is 11.6 Å². The molecule has 3 rings (SSSR count). The van der Waals surface area contributed by atoms with Crippen LogP contribution in [0, 0.1) is 5.92 Å². The lowest BCUT2D eigenvalue weighted by molar-refractivity contribution is -0.174. The normalized spacial score (nSPS) is 40.7. The Morgan fingerprint density at radius 3 is 2.57 bits per heavy atom. The smallest absolute Gasteiger partial charge is 0.410 e. The third kappa shape index (κ3) is 4.37. The zero-order chi connectivity index (χ0) is 20.5. The predicted octanol–water partition coefficient (Wildman–Crippen LogP) is 2.51. The van der Waals surface area contributed by atoms with Crippen LogP contribution in [0.4, 0.5) is 4.79 Å². The van der Waals surface area contributed by atoms with Crippen molar-refractivity contribution in [3.63, 3.8) is 0 Å². The monoisotopic (exact) mass is 397 g/mol. The van der Waals surface area contributed by atoms with E-state index in [9.17, 15) is 9.90 Å². The highest BCUT2D eigenvalue weighted by molar-refractivity contribution is 5.68. The third-order valence-electron chi connectivity index (χ3n) is 6.43. The number of methoxy groups -OCH3 is 1. The maximum Gasteiger partial charge on any atom is 0.410 e. The molecule has 160 valence electrons. The molecule has 3 fully saturated rings. The molecule has 2 heterocycles. The van der Waals surface area contributed by atoms with Gasteiger partial charge in [-0.3, -0.25) is 0 Å². The van der Waals surface area contributed by atoms with Crippen LogP contribution in [0.1, 0.15) is 47.0 Å². The van der Waals surface area contributed by atoms with Gasteiger partial charge in [-0.15, -0.1) is 0 Å². The van der Waals surface area contributed by atoms with Crippen LogP contribution in [0.3, 0.4) is 0 Å². The number of hydrogen-bond acceptors (Lipinski definition) is 6. The van der Waals surface area contributed by atoms with Crippen molar-refractivity contribution in [3.05, 3.63) is 11.6 Å². The first kappa shape index (κ1) is 21.6. The van der Waals surface area contributed by atoms with E-state index in [1.807, 2.05) is 13.8 Å². The summed E-state index contributed by atoms with van der Waals surface area (Å²) >= 11 is 0. The minimum atomic E-state index is -0.947. The molecule has 1 N–H and O–H groups in total. The van der Waals surface area contributed by atoms with Gasteiger partial charge in [-0.2, -0.15) is 0 Å². The first-order valence-electron chi connectivity index (χ1n) is 10.3. The molecule has 7 heteroatoms. The lowest BCUT2D eigenvalue weighted by atomic mass is 9.66. The van der Waals surface area contributed by atoms with Gasteiger partial charge in [0.25, 0.3) is 0 Å². The average molecular weight is 398 g/mol. The standard InChI is InChI=1S/C21H35NO6/c1-14(2)6-7-16-21(4,28-16)18-17(25-5)15(8-9-20(18,3)24)27-19(23)22-10-12-26-13-11-22/h6,15-18,24H,7-13H2,1-5H3. The summed E-state index contributed by atoms with van der Waals surface area (Å²) in [6, 6.07) is 0. The van der Waals surface area contributed by atoms with Crippen LogP contribution in [0.25, 0.3) is 0 Å². The second-order valence-electron chi connectivity index (χ2n) is 8.90. The molecule has 6 unspecified atom stereocenters. The number of amides is 1. The van der Waals surface area contributed by atoms with Crippen molar-refractivity contribution in [2.75, 3.05) is 33.4 Å². The predicted molar refractivity (Wildman–Crippen MR) is 104 cm³/mol. The molecule has 0 radical (unpaired) electrons. The second kappa shape index (κ2) is 8.30. The highest BCUT2D eigenvalue weighted by Gasteiger charge is 2.66. The van der Waals surface area contributed by atoms with Crippen LogP contribution < -0.4 is 0 Å². The fraction of sp³-hybridized carbons (Fsp3) is 0.857. The summed E-state index contributed by atoms with van der Waals surface area (Å²) in [5.74, 6) is -0.281. The molecule has 0 aromatic carbocycles. The van der Waals surface area contributed by atoms with Gasteiger partial charge in [-0.25, -0.2) is 4.79 Å². The molecular weight excluding hydrogens is 362 g/mol. The molecule has 1 amide bonds. The van der Waals surface area contributed by atoms with Gasteiger partial charge in [-0.05, 0) is 47.0 Å². The van der Waals surface area contributed by atoms with Gasteiger partial charge in [-0.1, -0.05) is 11.6 Å². The Hall–Kier alpha value is -1.15. The first-order valence-corrected chi connectivity index (χ1v) is 10.3. The number of carbonyl (C=O) groups excluding carboxylic acids is 1. The molecule has 0 bridgehead atoms. The van der Waals surface area contributed by atoms with Crippen molar-refractivity contribution in [3.8, 4) is 0 Å². The highest BCUT2D eigenvalue weighted by atomic mass is 16.6. The summed E-state index contributed by atoms with van der Waals surface area (Å²) < 4.78 is 23.0. The van der Waals surface area contributed by atoms with E-state index in [1.165, 1.54) is 5.57 Å². The Morgan fingerprint density at radius 1 is 1.29 bits per heavy atom. The fourth-order valence-corrected chi connectivity index (χ4v) is 4.80. The van der Waals surface area contributed by atoms with Crippen molar-refractivity contribution in [2.45, 2.75) is 76.5 Å². The molecule has 6 atom stereocenters. The van der Waals surface area contributed by atoms with Gasteiger partial charge < -0.3 is 29.0 Å². The Bertz CT molecular complexity index is 596. The minimum absolute atomic E-state index is 0.0326. The van der Waals surface area contributed by atoms with Crippen molar-refractivity contribution >= 4 is 6.09 Å². The third-order valence-corrected chi connectivity index (χ3v) is 6.43. The SMILES string of the molecule is COC1C(OC(=O)N2CCOCC2)CCC(C)(O)C1C1(C)OC1CC=C(C)C. The second-order valence-corrected chi connectivity index (χ2v) is 8.90. The van der Waals surface area contributed by atoms with Crippen LogP contribution >= 0.6 is 0 Å². The van der Waals surface area contributed by atoms with Crippen LogP contribution in [0.2, 0.25) is 0 Å². The van der Waals surface area contributed by atoms with Crippen LogP contribution in [-0.4, -0.2) is 79.0 Å². The summed E-state index contributed by atoms with van der Waals surface area (Å²) in [5, 5.41) is 11.2. The fourth-order valence-electron chi connectivity index (χ4n) is 4.80. The van der Waals surface area contributed by atoms with Crippen molar-refractivity contribution in [2.24, 2.45) is 5.92 Å². The Morgan fingerprint density at radius 2 is 1.96 bits per heavy atom. The molecule has 0 aromatic heterocycles. The lowest BCUT2D eigenvalue weighted by Gasteiger charge is -2.47. The van der Waals surface area contributed by atoms with Crippen LogP contribution in [0.5, 0.6) is 0 Å². The van der Waals surface area contributed by atoms with E-state index in [0.717, 1.165) is 6.42 Å². The van der Waals surface area contributed by atoms with E-state index in [-0.39, 0.29) is 18.1 Å². The van der Waals surface area contributed by atoms with E-state index in [1.54, 1.807) is 12.0 Å². The van der Waals surface area contributed by atoms with Gasteiger partial charge in [0.15, 0.2) is 0 Å². The summed E-state index contributed by atoms with van der Waals surface area (Å²) in [5.41, 5.74) is -0.203. The molecule has 1 saturated carbocycles. The zero-order valence-corrected chi connectivity index (χ0v) is 17.8. The largest absolute Gasteiger partial charge is 0.443 e. The first-order chi connectivity index (χ1) is 13.2. The van der Waals surface area contributed by atoms with Crippen LogP contribution in [-0.2, 0) is 18.9 Å². The molecule has 3 aliphatic rings. The topological polar surface area (TPSA) is 80.8 Å². The van der Waals surface area contributed by atoms with E-state index in [4.69, 9.17) is 18.9 Å². The summed E-state index contributed by atoms with van der Waals surface area (Å²) in [4.78, 5) is 14.3. The van der Waals surface area contributed by atoms with Gasteiger partial charge in [0, 0.05) is 26.1 Å². The molecule has 7 nitrogen and oxygen atoms in total. The van der Waals surface area contributed by atoms with Crippen molar-refractivity contribution in [1.29, 1.82) is 0 Å². The molecule has 2 saturated heterocycles. The zero-order valence-electron chi connectivity index (χ0n) is 17.8. The van der Waals surface area contributed by atoms with Gasteiger partial charge in [0.05, 0.1) is 24.9 Å². The number of morpholine rings is 1. The summed E-state index contributed by atoms with van der Waals surface area (Å²) in [7, 11) is 1.62. The molecule has 0 spiro atoms. The highest BCUT2D eigenvalue weighted by Crippen LogP contribution is 2.54. The van der Waals surface area contributed by atoms with Crippen molar-refractivity contribution < 1.29 is 28.8 Å². The molecule has 1 aliphatic carbocycles.